The fourth-order valence-electron chi connectivity index (χ4n) is 3.12. The van der Waals surface area contributed by atoms with Crippen LogP contribution in [-0.4, -0.2) is 60.7 Å². The Bertz CT molecular complexity index is 749. The van der Waals surface area contributed by atoms with Crippen molar-refractivity contribution in [3.05, 3.63) is 46.3 Å². The highest BCUT2D eigenvalue weighted by molar-refractivity contribution is 14.0. The molecule has 1 N–H and O–H groups in total. The topological polar surface area (TPSA) is 66.1 Å². The minimum Gasteiger partial charge on any atom is -0.496 e. The van der Waals surface area contributed by atoms with Crippen molar-refractivity contribution in [2.24, 2.45) is 4.99 Å². The van der Waals surface area contributed by atoms with E-state index in [2.05, 4.69) is 49.2 Å². The molecule has 0 saturated carbocycles. The number of piperazine rings is 1. The molecule has 2 heterocycles. The lowest BCUT2D eigenvalue weighted by atomic mass is 10.2. The van der Waals surface area contributed by atoms with Crippen molar-refractivity contribution in [2.75, 3.05) is 39.8 Å². The largest absolute Gasteiger partial charge is 0.496 e. The molecule has 154 valence electrons. The van der Waals surface area contributed by atoms with Gasteiger partial charge in [-0.1, -0.05) is 21.1 Å². The van der Waals surface area contributed by atoms with Gasteiger partial charge in [0.1, 0.15) is 12.0 Å². The van der Waals surface area contributed by atoms with Gasteiger partial charge in [0.15, 0.2) is 5.96 Å². The molecule has 1 aromatic heterocycles. The Hall–Kier alpha value is -1.33. The Labute approximate surface area is 191 Å². The van der Waals surface area contributed by atoms with E-state index in [1.54, 1.807) is 13.4 Å². The Morgan fingerprint density at radius 2 is 2.07 bits per heavy atom. The molecule has 1 fully saturated rings. The Balaban J connectivity index is 0.00000280. The van der Waals surface area contributed by atoms with Crippen molar-refractivity contribution in [1.82, 2.24) is 20.3 Å². The van der Waals surface area contributed by atoms with Gasteiger partial charge in [-0.2, -0.15) is 0 Å². The maximum absolute atomic E-state index is 5.46. The van der Waals surface area contributed by atoms with Crippen LogP contribution in [0.15, 0.2) is 44.5 Å². The van der Waals surface area contributed by atoms with Crippen LogP contribution in [0, 0.1) is 0 Å². The maximum Gasteiger partial charge on any atom is 0.194 e. The second kappa shape index (κ2) is 11.6. The van der Waals surface area contributed by atoms with Gasteiger partial charge in [0.05, 0.1) is 19.3 Å². The average Bonchev–Trinajstić information content (AvgIpc) is 3.19. The number of hydrogen-bond acceptors (Lipinski definition) is 5. The van der Waals surface area contributed by atoms with Crippen LogP contribution >= 0.6 is 39.9 Å². The van der Waals surface area contributed by atoms with Crippen LogP contribution in [0.1, 0.15) is 18.2 Å². The van der Waals surface area contributed by atoms with Crippen LogP contribution in [0.3, 0.4) is 0 Å². The van der Waals surface area contributed by atoms with Gasteiger partial charge in [-0.3, -0.25) is 4.90 Å². The van der Waals surface area contributed by atoms with Gasteiger partial charge in [0, 0.05) is 55.4 Å². The summed E-state index contributed by atoms with van der Waals surface area (Å²) in [7, 11) is 1.69. The minimum atomic E-state index is 0. The molecular weight excluding hydrogens is 537 g/mol. The number of ether oxygens (including phenoxy) is 1. The number of nitrogens with zero attached hydrogens (tertiary/aromatic N) is 4. The number of methoxy groups -OCH3 is 1. The lowest BCUT2D eigenvalue weighted by Crippen LogP contribution is -2.52. The third-order valence-electron chi connectivity index (χ3n) is 4.53. The first kappa shape index (κ1) is 23.0. The predicted molar refractivity (Wildman–Crippen MR) is 124 cm³/mol. The fraction of sp³-hybridized carbons (Fsp3) is 0.474. The zero-order valence-corrected chi connectivity index (χ0v) is 20.1. The van der Waals surface area contributed by atoms with Crippen molar-refractivity contribution < 1.29 is 9.26 Å². The van der Waals surface area contributed by atoms with Gasteiger partial charge in [0.2, 0.25) is 0 Å². The third-order valence-corrected chi connectivity index (χ3v) is 5.02. The molecule has 0 spiro atoms. The van der Waals surface area contributed by atoms with E-state index in [1.807, 2.05) is 18.2 Å². The highest BCUT2D eigenvalue weighted by Crippen LogP contribution is 2.23. The van der Waals surface area contributed by atoms with Crippen molar-refractivity contribution in [1.29, 1.82) is 0 Å². The predicted octanol–water partition coefficient (Wildman–Crippen LogP) is 3.35. The summed E-state index contributed by atoms with van der Waals surface area (Å²) in [6, 6.07) is 7.92. The summed E-state index contributed by atoms with van der Waals surface area (Å²) in [6.45, 7) is 8.13. The molecule has 0 aliphatic carbocycles. The molecule has 0 amide bonds. The standard InChI is InChI=1S/C19H26BrN5O2.HI/c1-3-21-19(22-13-15-12-16(20)4-5-18(15)26-2)25-9-7-24(8-10-25)14-17-6-11-27-23-17;/h4-6,11-12H,3,7-10,13-14H2,1-2H3,(H,21,22);1H. The third kappa shape index (κ3) is 6.35. The number of nitrogens with one attached hydrogen (secondary N) is 1. The van der Waals surface area contributed by atoms with Crippen molar-refractivity contribution in [2.45, 2.75) is 20.0 Å². The first-order chi connectivity index (χ1) is 13.2. The second-order valence-electron chi connectivity index (χ2n) is 6.38. The molecule has 1 aromatic carbocycles. The molecule has 0 radical (unpaired) electrons. The first-order valence-corrected chi connectivity index (χ1v) is 9.96. The van der Waals surface area contributed by atoms with Crippen molar-refractivity contribution in [3.63, 3.8) is 0 Å². The normalized spacial score (nSPS) is 15.2. The minimum absolute atomic E-state index is 0. The number of guanidine groups is 1. The van der Waals surface area contributed by atoms with Crippen LogP contribution in [0.4, 0.5) is 0 Å². The van der Waals surface area contributed by atoms with E-state index < -0.39 is 0 Å². The van der Waals surface area contributed by atoms with Gasteiger partial charge in [-0.15, -0.1) is 24.0 Å². The molecular formula is C19H27BrIN5O2. The molecule has 1 aliphatic heterocycles. The van der Waals surface area contributed by atoms with E-state index in [4.69, 9.17) is 14.3 Å². The van der Waals surface area contributed by atoms with E-state index in [1.165, 1.54) is 0 Å². The molecule has 28 heavy (non-hydrogen) atoms. The zero-order valence-electron chi connectivity index (χ0n) is 16.2. The fourth-order valence-corrected chi connectivity index (χ4v) is 3.53. The summed E-state index contributed by atoms with van der Waals surface area (Å²) in [5.41, 5.74) is 2.04. The maximum atomic E-state index is 5.46. The van der Waals surface area contributed by atoms with Crippen LogP contribution in [0.2, 0.25) is 0 Å². The summed E-state index contributed by atoms with van der Waals surface area (Å²) < 4.78 is 11.4. The molecule has 2 aromatic rings. The van der Waals surface area contributed by atoms with Crippen molar-refractivity contribution >= 4 is 45.9 Å². The Kier molecular flexibility index (Phi) is 9.52. The van der Waals surface area contributed by atoms with Crippen LogP contribution in [0.25, 0.3) is 0 Å². The highest BCUT2D eigenvalue weighted by Gasteiger charge is 2.20. The van der Waals surface area contributed by atoms with Gasteiger partial charge in [-0.05, 0) is 25.1 Å². The monoisotopic (exact) mass is 563 g/mol. The smallest absolute Gasteiger partial charge is 0.194 e. The van der Waals surface area contributed by atoms with E-state index in [0.29, 0.717) is 6.54 Å². The molecule has 0 unspecified atom stereocenters. The Morgan fingerprint density at radius 1 is 1.29 bits per heavy atom. The quantitative estimate of drug-likeness (QED) is 0.330. The number of rotatable bonds is 6. The zero-order chi connectivity index (χ0) is 19.1. The summed E-state index contributed by atoms with van der Waals surface area (Å²) in [5, 5.41) is 7.41. The number of hydrogen-bond donors (Lipinski definition) is 1. The lowest BCUT2D eigenvalue weighted by Gasteiger charge is -2.36. The molecule has 9 heteroatoms. The summed E-state index contributed by atoms with van der Waals surface area (Å²) in [5.74, 6) is 1.80. The Morgan fingerprint density at radius 3 is 2.71 bits per heavy atom. The summed E-state index contributed by atoms with van der Waals surface area (Å²) >= 11 is 3.52. The lowest BCUT2D eigenvalue weighted by molar-refractivity contribution is 0.169. The van der Waals surface area contributed by atoms with Gasteiger partial charge in [0.25, 0.3) is 0 Å². The van der Waals surface area contributed by atoms with E-state index in [9.17, 15) is 0 Å². The van der Waals surface area contributed by atoms with Gasteiger partial charge >= 0.3 is 0 Å². The van der Waals surface area contributed by atoms with E-state index >= 15 is 0 Å². The van der Waals surface area contributed by atoms with Gasteiger partial charge < -0.3 is 19.5 Å². The number of benzene rings is 1. The molecule has 1 aliphatic rings. The molecule has 1 saturated heterocycles. The van der Waals surface area contributed by atoms with E-state index in [0.717, 1.165) is 66.7 Å². The van der Waals surface area contributed by atoms with Gasteiger partial charge in [-0.25, -0.2) is 4.99 Å². The molecule has 3 rings (SSSR count). The first-order valence-electron chi connectivity index (χ1n) is 9.17. The van der Waals surface area contributed by atoms with Crippen LogP contribution in [0.5, 0.6) is 5.75 Å². The highest BCUT2D eigenvalue weighted by atomic mass is 127. The van der Waals surface area contributed by atoms with E-state index in [-0.39, 0.29) is 24.0 Å². The molecule has 7 nitrogen and oxygen atoms in total. The summed E-state index contributed by atoms with van der Waals surface area (Å²) in [4.78, 5) is 9.54. The molecule has 0 atom stereocenters. The van der Waals surface area contributed by atoms with Crippen molar-refractivity contribution in [3.8, 4) is 5.75 Å². The average molecular weight is 564 g/mol. The van der Waals surface area contributed by atoms with Crippen LogP contribution in [-0.2, 0) is 13.1 Å². The van der Waals surface area contributed by atoms with Crippen LogP contribution < -0.4 is 10.1 Å². The summed E-state index contributed by atoms with van der Waals surface area (Å²) in [6.07, 6.45) is 1.62. The molecule has 0 bridgehead atoms. The SMILES string of the molecule is CCNC(=NCc1cc(Br)ccc1OC)N1CCN(Cc2ccon2)CC1.I. The number of halogens is 2. The number of aliphatic imine (C=N–C) groups is 1. The second-order valence-corrected chi connectivity index (χ2v) is 7.30. The number of aromatic nitrogens is 1.